The van der Waals surface area contributed by atoms with E-state index < -0.39 is 0 Å². The second-order valence-corrected chi connectivity index (χ2v) is 8.65. The summed E-state index contributed by atoms with van der Waals surface area (Å²) in [5.74, 6) is 0.819. The molecule has 1 saturated carbocycles. The molecule has 4 rings (SSSR count). The lowest BCUT2D eigenvalue weighted by molar-refractivity contribution is -0.130. The topological polar surface area (TPSA) is 58.6 Å². The van der Waals surface area contributed by atoms with Crippen LogP contribution < -0.4 is 5.32 Å². The molecule has 1 atom stereocenters. The molecule has 0 radical (unpaired) electrons. The molecule has 2 amide bonds. The van der Waals surface area contributed by atoms with Crippen molar-refractivity contribution in [3.8, 4) is 0 Å². The van der Waals surface area contributed by atoms with Gasteiger partial charge in [0.15, 0.2) is 0 Å². The third-order valence-corrected chi connectivity index (χ3v) is 6.54. The van der Waals surface area contributed by atoms with E-state index in [-0.39, 0.29) is 23.1 Å². The molecule has 1 aromatic carbocycles. The number of aryl methyl sites for hydroxylation is 1. The number of hydrogen-bond donors (Lipinski definition) is 1. The summed E-state index contributed by atoms with van der Waals surface area (Å²) in [6, 6.07) is 8.13. The second-order valence-electron chi connectivity index (χ2n) is 8.65. The highest BCUT2D eigenvalue weighted by atomic mass is 16.5. The van der Waals surface area contributed by atoms with Crippen LogP contribution in [0.5, 0.6) is 0 Å². The molecule has 146 valence electrons. The Hall–Kier alpha value is -1.88. The van der Waals surface area contributed by atoms with E-state index in [0.29, 0.717) is 38.6 Å². The molecular formula is C22H30N2O3. The maximum Gasteiger partial charge on any atom is 0.227 e. The van der Waals surface area contributed by atoms with Gasteiger partial charge in [-0.15, -0.1) is 0 Å². The van der Waals surface area contributed by atoms with Crippen molar-refractivity contribution in [3.63, 3.8) is 0 Å². The minimum absolute atomic E-state index is 0.109. The third-order valence-electron chi connectivity index (χ3n) is 6.54. The number of amides is 2. The Bertz CT molecular complexity index is 690. The van der Waals surface area contributed by atoms with Crippen LogP contribution in [-0.4, -0.2) is 49.6 Å². The number of nitrogens with zero attached hydrogens (tertiary/aromatic N) is 1. The number of likely N-dealkylation sites (tertiary alicyclic amines) is 1. The normalized spacial score (nSPS) is 24.2. The standard InChI is InChI=1S/C22H30N2O3/c1-16-2-4-17(5-3-16)12-20(25)24-14-19(21(26)23-13-18-6-7-18)22(15-24)8-10-27-11-9-22/h2-5,18-19H,6-15H2,1H3,(H,23,26)/t19-/m0/s1. The highest BCUT2D eigenvalue weighted by molar-refractivity contribution is 5.84. The van der Waals surface area contributed by atoms with Crippen LogP contribution in [0.4, 0.5) is 0 Å². The predicted molar refractivity (Wildman–Crippen MR) is 103 cm³/mol. The van der Waals surface area contributed by atoms with Crippen LogP contribution in [0, 0.1) is 24.2 Å². The first-order valence-corrected chi connectivity index (χ1v) is 10.2. The fourth-order valence-electron chi connectivity index (χ4n) is 4.49. The van der Waals surface area contributed by atoms with Gasteiger partial charge in [0.05, 0.1) is 12.3 Å². The number of benzene rings is 1. The first-order chi connectivity index (χ1) is 13.1. The van der Waals surface area contributed by atoms with E-state index in [0.717, 1.165) is 24.9 Å². The molecule has 0 unspecified atom stereocenters. The molecule has 2 saturated heterocycles. The number of rotatable bonds is 5. The van der Waals surface area contributed by atoms with E-state index in [2.05, 4.69) is 5.32 Å². The van der Waals surface area contributed by atoms with Gasteiger partial charge in [0.1, 0.15) is 0 Å². The Morgan fingerprint density at radius 1 is 1.19 bits per heavy atom. The lowest BCUT2D eigenvalue weighted by Gasteiger charge is -2.37. The van der Waals surface area contributed by atoms with Gasteiger partial charge in [0.2, 0.25) is 11.8 Å². The van der Waals surface area contributed by atoms with Crippen LogP contribution in [0.15, 0.2) is 24.3 Å². The summed E-state index contributed by atoms with van der Waals surface area (Å²) < 4.78 is 5.56. The molecule has 27 heavy (non-hydrogen) atoms. The van der Waals surface area contributed by atoms with Crippen LogP contribution in [0.3, 0.4) is 0 Å². The first kappa shape index (κ1) is 18.5. The Kier molecular flexibility index (Phi) is 5.22. The maximum atomic E-state index is 12.9. The summed E-state index contributed by atoms with van der Waals surface area (Å²) in [6.07, 6.45) is 4.59. The van der Waals surface area contributed by atoms with Crippen molar-refractivity contribution in [1.82, 2.24) is 10.2 Å². The molecule has 1 N–H and O–H groups in total. The highest BCUT2D eigenvalue weighted by Gasteiger charge is 2.51. The van der Waals surface area contributed by atoms with Gasteiger partial charge in [-0.1, -0.05) is 29.8 Å². The second kappa shape index (κ2) is 7.63. The van der Waals surface area contributed by atoms with E-state index in [1.54, 1.807) is 0 Å². The summed E-state index contributed by atoms with van der Waals surface area (Å²) in [6.45, 7) is 5.44. The summed E-state index contributed by atoms with van der Waals surface area (Å²) in [4.78, 5) is 27.8. The lowest BCUT2D eigenvalue weighted by atomic mass is 9.71. The minimum Gasteiger partial charge on any atom is -0.381 e. The Morgan fingerprint density at radius 2 is 1.89 bits per heavy atom. The Balaban J connectivity index is 1.44. The lowest BCUT2D eigenvalue weighted by Crippen LogP contribution is -2.44. The molecule has 0 bridgehead atoms. The van der Waals surface area contributed by atoms with Crippen molar-refractivity contribution in [2.75, 3.05) is 32.8 Å². The summed E-state index contributed by atoms with van der Waals surface area (Å²) in [5, 5.41) is 3.16. The zero-order valence-corrected chi connectivity index (χ0v) is 16.2. The first-order valence-electron chi connectivity index (χ1n) is 10.2. The van der Waals surface area contributed by atoms with Gasteiger partial charge >= 0.3 is 0 Å². The van der Waals surface area contributed by atoms with Crippen LogP contribution in [-0.2, 0) is 20.7 Å². The highest BCUT2D eigenvalue weighted by Crippen LogP contribution is 2.44. The fraction of sp³-hybridized carbons (Fsp3) is 0.636. The van der Waals surface area contributed by atoms with Crippen LogP contribution in [0.2, 0.25) is 0 Å². The summed E-state index contributed by atoms with van der Waals surface area (Å²) >= 11 is 0. The molecule has 3 fully saturated rings. The van der Waals surface area contributed by atoms with E-state index >= 15 is 0 Å². The molecular weight excluding hydrogens is 340 g/mol. The molecule has 1 aliphatic carbocycles. The van der Waals surface area contributed by atoms with Crippen molar-refractivity contribution in [2.45, 2.75) is 39.0 Å². The van der Waals surface area contributed by atoms with Crippen molar-refractivity contribution in [2.24, 2.45) is 17.3 Å². The van der Waals surface area contributed by atoms with Gasteiger partial charge in [0, 0.05) is 38.3 Å². The molecule has 1 aromatic rings. The maximum absolute atomic E-state index is 12.9. The zero-order chi connectivity index (χ0) is 18.9. The fourth-order valence-corrected chi connectivity index (χ4v) is 4.49. The molecule has 2 heterocycles. The SMILES string of the molecule is Cc1ccc(CC(=O)N2C[C@@H](C(=O)NCC3CC3)C3(CCOCC3)C2)cc1. The molecule has 0 aromatic heterocycles. The van der Waals surface area contributed by atoms with Crippen molar-refractivity contribution in [3.05, 3.63) is 35.4 Å². The average Bonchev–Trinajstić information content (AvgIpc) is 3.43. The van der Waals surface area contributed by atoms with Gasteiger partial charge < -0.3 is 15.0 Å². The van der Waals surface area contributed by atoms with Crippen LogP contribution >= 0.6 is 0 Å². The van der Waals surface area contributed by atoms with Gasteiger partial charge in [-0.2, -0.15) is 0 Å². The molecule has 1 spiro atoms. The van der Waals surface area contributed by atoms with E-state index in [9.17, 15) is 9.59 Å². The predicted octanol–water partition coefficient (Wildman–Crippen LogP) is 2.32. The number of nitrogens with one attached hydrogen (secondary N) is 1. The van der Waals surface area contributed by atoms with E-state index in [1.807, 2.05) is 36.1 Å². The van der Waals surface area contributed by atoms with Gasteiger partial charge in [-0.05, 0) is 44.1 Å². The Morgan fingerprint density at radius 3 is 2.56 bits per heavy atom. The van der Waals surface area contributed by atoms with Gasteiger partial charge in [-0.25, -0.2) is 0 Å². The van der Waals surface area contributed by atoms with Crippen molar-refractivity contribution in [1.29, 1.82) is 0 Å². The van der Waals surface area contributed by atoms with Crippen LogP contribution in [0.1, 0.15) is 36.8 Å². The molecule has 5 nitrogen and oxygen atoms in total. The smallest absolute Gasteiger partial charge is 0.227 e. The third kappa shape index (κ3) is 4.18. The summed E-state index contributed by atoms with van der Waals surface area (Å²) in [7, 11) is 0. The molecule has 2 aliphatic heterocycles. The number of carbonyl (C=O) groups excluding carboxylic acids is 2. The molecule has 3 aliphatic rings. The minimum atomic E-state index is -0.116. The van der Waals surface area contributed by atoms with Gasteiger partial charge in [-0.3, -0.25) is 9.59 Å². The van der Waals surface area contributed by atoms with Crippen molar-refractivity contribution < 1.29 is 14.3 Å². The quantitative estimate of drug-likeness (QED) is 0.865. The summed E-state index contributed by atoms with van der Waals surface area (Å²) in [5.41, 5.74) is 2.11. The Labute approximate surface area is 161 Å². The van der Waals surface area contributed by atoms with E-state index in [1.165, 1.54) is 18.4 Å². The zero-order valence-electron chi connectivity index (χ0n) is 16.2. The largest absolute Gasteiger partial charge is 0.381 e. The van der Waals surface area contributed by atoms with E-state index in [4.69, 9.17) is 4.74 Å². The number of hydrogen-bond acceptors (Lipinski definition) is 3. The molecule has 5 heteroatoms. The average molecular weight is 370 g/mol. The number of ether oxygens (including phenoxy) is 1. The van der Waals surface area contributed by atoms with Crippen molar-refractivity contribution >= 4 is 11.8 Å². The van der Waals surface area contributed by atoms with Crippen LogP contribution in [0.25, 0.3) is 0 Å². The monoisotopic (exact) mass is 370 g/mol. The van der Waals surface area contributed by atoms with Gasteiger partial charge in [0.25, 0.3) is 0 Å². The number of carbonyl (C=O) groups is 2.